The summed E-state index contributed by atoms with van der Waals surface area (Å²) in [5.74, 6) is 0.739. The van der Waals surface area contributed by atoms with Crippen molar-refractivity contribution in [3.05, 3.63) is 24.2 Å². The Bertz CT molecular complexity index is 439. The molecule has 22 heavy (non-hydrogen) atoms. The minimum absolute atomic E-state index is 0.0184. The first kappa shape index (κ1) is 17.0. The molecule has 1 saturated carbocycles. The Labute approximate surface area is 132 Å². The molecule has 5 nitrogen and oxygen atoms in total. The van der Waals surface area contributed by atoms with E-state index in [4.69, 9.17) is 4.42 Å². The van der Waals surface area contributed by atoms with Crippen LogP contribution in [0.4, 0.5) is 0 Å². The second kappa shape index (κ2) is 8.34. The molecule has 0 aliphatic heterocycles. The molecule has 0 saturated heterocycles. The number of nitrogens with one attached hydrogen (secondary N) is 1. The smallest absolute Gasteiger partial charge is 0.234 e. The summed E-state index contributed by atoms with van der Waals surface area (Å²) in [6, 6.07) is 3.95. The molecule has 0 aromatic carbocycles. The summed E-state index contributed by atoms with van der Waals surface area (Å²) in [5.41, 5.74) is 0. The van der Waals surface area contributed by atoms with Crippen LogP contribution in [0.2, 0.25) is 0 Å². The predicted octanol–water partition coefficient (Wildman–Crippen LogP) is 2.47. The quantitative estimate of drug-likeness (QED) is 0.812. The number of hydrogen-bond donors (Lipinski definition) is 2. The topological polar surface area (TPSA) is 65.7 Å². The maximum absolute atomic E-state index is 12.3. The second-order valence-corrected chi connectivity index (χ2v) is 6.37. The average Bonchev–Trinajstić information content (AvgIpc) is 3.01. The van der Waals surface area contributed by atoms with Crippen molar-refractivity contribution in [1.82, 2.24) is 10.2 Å². The van der Waals surface area contributed by atoms with E-state index in [1.54, 1.807) is 13.2 Å². The molecule has 1 aromatic rings. The predicted molar refractivity (Wildman–Crippen MR) is 85.4 cm³/mol. The van der Waals surface area contributed by atoms with E-state index in [-0.39, 0.29) is 11.9 Å². The van der Waals surface area contributed by atoms with Crippen molar-refractivity contribution < 1.29 is 14.3 Å². The zero-order valence-corrected chi connectivity index (χ0v) is 13.6. The lowest BCUT2D eigenvalue weighted by Crippen LogP contribution is -2.46. The highest BCUT2D eigenvalue weighted by Crippen LogP contribution is 2.22. The van der Waals surface area contributed by atoms with Gasteiger partial charge in [0.25, 0.3) is 0 Å². The Balaban J connectivity index is 1.89. The van der Waals surface area contributed by atoms with Crippen molar-refractivity contribution in [3.8, 4) is 0 Å². The highest BCUT2D eigenvalue weighted by molar-refractivity contribution is 5.78. The third-order valence-electron chi connectivity index (χ3n) is 4.28. The Morgan fingerprint density at radius 2 is 2.14 bits per heavy atom. The molecule has 5 heteroatoms. The van der Waals surface area contributed by atoms with Gasteiger partial charge >= 0.3 is 0 Å². The lowest BCUT2D eigenvalue weighted by Gasteiger charge is -2.34. The van der Waals surface area contributed by atoms with Crippen molar-refractivity contribution in [3.63, 3.8) is 0 Å². The molecular formula is C17H28N2O3. The number of furan rings is 1. The number of rotatable bonds is 7. The summed E-state index contributed by atoms with van der Waals surface area (Å²) in [5, 5.41) is 12.7. The molecule has 1 aromatic heterocycles. The summed E-state index contributed by atoms with van der Waals surface area (Å²) in [4.78, 5) is 14.4. The Morgan fingerprint density at radius 3 is 2.73 bits per heavy atom. The first-order valence-electron chi connectivity index (χ1n) is 8.31. The van der Waals surface area contributed by atoms with Crippen molar-refractivity contribution in [1.29, 1.82) is 0 Å². The molecule has 0 bridgehead atoms. The van der Waals surface area contributed by atoms with Crippen LogP contribution in [0.25, 0.3) is 0 Å². The van der Waals surface area contributed by atoms with E-state index >= 15 is 0 Å². The zero-order chi connectivity index (χ0) is 15.9. The normalized spacial score (nSPS) is 19.1. The summed E-state index contributed by atoms with van der Waals surface area (Å²) >= 11 is 0. The number of nitrogens with zero attached hydrogens (tertiary/aromatic N) is 1. The van der Waals surface area contributed by atoms with Crippen LogP contribution in [0.3, 0.4) is 0 Å². The zero-order valence-electron chi connectivity index (χ0n) is 13.6. The fourth-order valence-corrected chi connectivity index (χ4v) is 3.21. The Hall–Kier alpha value is -1.33. The van der Waals surface area contributed by atoms with E-state index in [9.17, 15) is 9.90 Å². The number of hydrogen-bond acceptors (Lipinski definition) is 4. The van der Waals surface area contributed by atoms with E-state index in [1.807, 2.05) is 19.1 Å². The van der Waals surface area contributed by atoms with E-state index in [0.717, 1.165) is 18.6 Å². The van der Waals surface area contributed by atoms with Gasteiger partial charge in [-0.2, -0.15) is 0 Å². The van der Waals surface area contributed by atoms with Crippen LogP contribution in [-0.2, 0) is 4.79 Å². The Morgan fingerprint density at radius 1 is 1.41 bits per heavy atom. The van der Waals surface area contributed by atoms with Gasteiger partial charge in [0.1, 0.15) is 5.76 Å². The van der Waals surface area contributed by atoms with Gasteiger partial charge in [0.05, 0.1) is 25.0 Å². The number of amides is 1. The van der Waals surface area contributed by atoms with Gasteiger partial charge in [-0.25, -0.2) is 0 Å². The number of aliphatic hydroxyl groups is 1. The van der Waals surface area contributed by atoms with Crippen LogP contribution < -0.4 is 5.32 Å². The molecule has 0 radical (unpaired) electrons. The van der Waals surface area contributed by atoms with Gasteiger partial charge in [0, 0.05) is 12.6 Å². The molecule has 1 amide bonds. The Kier molecular flexibility index (Phi) is 6.46. The molecular weight excluding hydrogens is 280 g/mol. The standard InChI is InChI=1S/C17H28N2O3/c1-13(20)11-19(15-7-4-3-5-8-15)12-17(21)18-14(2)16-9-6-10-22-16/h6,9-10,13-15,20H,3-5,7-8,11-12H2,1-2H3,(H,18,21)/t13-,14+/m1/s1. The maximum Gasteiger partial charge on any atom is 0.234 e. The molecule has 1 heterocycles. The molecule has 0 spiro atoms. The van der Waals surface area contributed by atoms with Crippen LogP contribution in [0.15, 0.2) is 22.8 Å². The fraction of sp³-hybridized carbons (Fsp3) is 0.706. The van der Waals surface area contributed by atoms with Crippen molar-refractivity contribution >= 4 is 5.91 Å². The maximum atomic E-state index is 12.3. The van der Waals surface area contributed by atoms with Gasteiger partial charge in [-0.3, -0.25) is 9.69 Å². The summed E-state index contributed by atoms with van der Waals surface area (Å²) in [6.45, 7) is 4.57. The highest BCUT2D eigenvalue weighted by atomic mass is 16.3. The van der Waals surface area contributed by atoms with Gasteiger partial charge < -0.3 is 14.8 Å². The third kappa shape index (κ3) is 5.14. The highest BCUT2D eigenvalue weighted by Gasteiger charge is 2.24. The number of carbonyl (C=O) groups excluding carboxylic acids is 1. The third-order valence-corrected chi connectivity index (χ3v) is 4.28. The first-order chi connectivity index (χ1) is 10.6. The van der Waals surface area contributed by atoms with Gasteiger partial charge in [-0.05, 0) is 38.8 Å². The second-order valence-electron chi connectivity index (χ2n) is 6.37. The number of aliphatic hydroxyl groups excluding tert-OH is 1. The van der Waals surface area contributed by atoms with Gasteiger partial charge in [0.15, 0.2) is 0 Å². The average molecular weight is 308 g/mol. The van der Waals surface area contributed by atoms with Gasteiger partial charge in [0.2, 0.25) is 5.91 Å². The van der Waals surface area contributed by atoms with Gasteiger partial charge in [-0.1, -0.05) is 19.3 Å². The molecule has 1 fully saturated rings. The van der Waals surface area contributed by atoms with Crippen molar-refractivity contribution in [2.24, 2.45) is 0 Å². The van der Waals surface area contributed by atoms with Crippen LogP contribution in [0.1, 0.15) is 57.8 Å². The van der Waals surface area contributed by atoms with Gasteiger partial charge in [-0.15, -0.1) is 0 Å². The van der Waals surface area contributed by atoms with Crippen LogP contribution in [0, 0.1) is 0 Å². The molecule has 0 unspecified atom stereocenters. The van der Waals surface area contributed by atoms with E-state index in [1.165, 1.54) is 19.3 Å². The lowest BCUT2D eigenvalue weighted by molar-refractivity contribution is -0.124. The minimum atomic E-state index is -0.419. The van der Waals surface area contributed by atoms with E-state index in [2.05, 4.69) is 10.2 Å². The monoisotopic (exact) mass is 308 g/mol. The summed E-state index contributed by atoms with van der Waals surface area (Å²) in [7, 11) is 0. The van der Waals surface area contributed by atoms with Crippen LogP contribution in [-0.4, -0.2) is 41.1 Å². The fourth-order valence-electron chi connectivity index (χ4n) is 3.21. The lowest BCUT2D eigenvalue weighted by atomic mass is 9.94. The molecule has 124 valence electrons. The van der Waals surface area contributed by atoms with E-state index in [0.29, 0.717) is 19.1 Å². The van der Waals surface area contributed by atoms with E-state index < -0.39 is 6.10 Å². The molecule has 2 rings (SSSR count). The largest absolute Gasteiger partial charge is 0.467 e. The SMILES string of the molecule is C[C@H](NC(=O)CN(C[C@@H](C)O)C1CCCCC1)c1ccco1. The van der Waals surface area contributed by atoms with Crippen LogP contribution >= 0.6 is 0 Å². The summed E-state index contributed by atoms with van der Waals surface area (Å²) in [6.07, 6.45) is 7.14. The summed E-state index contributed by atoms with van der Waals surface area (Å²) < 4.78 is 5.31. The molecule has 1 aliphatic rings. The van der Waals surface area contributed by atoms with Crippen molar-refractivity contribution in [2.45, 2.75) is 64.1 Å². The van der Waals surface area contributed by atoms with Crippen molar-refractivity contribution in [2.75, 3.05) is 13.1 Å². The molecule has 2 atom stereocenters. The van der Waals surface area contributed by atoms with Crippen LogP contribution in [0.5, 0.6) is 0 Å². The molecule has 1 aliphatic carbocycles. The molecule has 2 N–H and O–H groups in total. The first-order valence-corrected chi connectivity index (χ1v) is 8.31. The minimum Gasteiger partial charge on any atom is -0.467 e. The number of carbonyl (C=O) groups is 1.